The van der Waals surface area contributed by atoms with Crippen LogP contribution < -0.4 is 0 Å². The van der Waals surface area contributed by atoms with Crippen LogP contribution in [0.1, 0.15) is 60.3 Å². The summed E-state index contributed by atoms with van der Waals surface area (Å²) < 4.78 is 0. The average Bonchev–Trinajstić information content (AvgIpc) is 2.19. The van der Waals surface area contributed by atoms with E-state index in [1.165, 1.54) is 25.7 Å². The van der Waals surface area contributed by atoms with Gasteiger partial charge in [0.2, 0.25) is 0 Å². The summed E-state index contributed by atoms with van der Waals surface area (Å²) in [6.45, 7) is 11.2. The van der Waals surface area contributed by atoms with Crippen LogP contribution in [0, 0.1) is 5.92 Å². The van der Waals surface area contributed by atoms with E-state index in [-0.39, 0.29) is 0 Å². The van der Waals surface area contributed by atoms with Gasteiger partial charge >= 0.3 is 0 Å². The molecule has 0 amide bonds. The van der Waals surface area contributed by atoms with Crippen molar-refractivity contribution in [1.29, 1.82) is 0 Å². The second kappa shape index (κ2) is 7.84. The van der Waals surface area contributed by atoms with Crippen molar-refractivity contribution in [3.8, 4) is 0 Å². The maximum absolute atomic E-state index is 2.31. The van der Waals surface area contributed by atoms with Gasteiger partial charge in [-0.25, -0.2) is 0 Å². The largest absolute Gasteiger partial charge is 0.0874 e. The summed E-state index contributed by atoms with van der Waals surface area (Å²) in [4.78, 5) is 0. The molecule has 0 nitrogen and oxygen atoms in total. The van der Waals surface area contributed by atoms with Crippen LogP contribution in [-0.4, -0.2) is 0 Å². The molecule has 0 atom stereocenters. The summed E-state index contributed by atoms with van der Waals surface area (Å²) in [5.41, 5.74) is 3.17. The van der Waals surface area contributed by atoms with E-state index in [0.717, 1.165) is 5.92 Å². The minimum Gasteiger partial charge on any atom is -0.0874 e. The summed E-state index contributed by atoms with van der Waals surface area (Å²) in [5, 5.41) is 0. The number of rotatable bonds is 6. The molecule has 0 unspecified atom stereocenters. The molecule has 0 saturated heterocycles. The molecule has 14 heavy (non-hydrogen) atoms. The van der Waals surface area contributed by atoms with Gasteiger partial charge < -0.3 is 0 Å². The predicted molar refractivity (Wildman–Crippen MR) is 66.5 cm³/mol. The molecule has 0 radical (unpaired) electrons. The summed E-state index contributed by atoms with van der Waals surface area (Å²) in [5.74, 6) is 0.785. The van der Waals surface area contributed by atoms with Gasteiger partial charge in [-0.1, -0.05) is 44.9 Å². The van der Waals surface area contributed by atoms with Crippen LogP contribution in [0.4, 0.5) is 0 Å². The van der Waals surface area contributed by atoms with Crippen molar-refractivity contribution in [2.75, 3.05) is 0 Å². The van der Waals surface area contributed by atoms with Crippen LogP contribution in [0.2, 0.25) is 0 Å². The lowest BCUT2D eigenvalue weighted by molar-refractivity contribution is 0.565. The van der Waals surface area contributed by atoms with Gasteiger partial charge in [0.05, 0.1) is 0 Å². The molecule has 0 saturated carbocycles. The Morgan fingerprint density at radius 1 is 1.14 bits per heavy atom. The Kier molecular flexibility index (Phi) is 7.55. The van der Waals surface area contributed by atoms with Crippen LogP contribution in [0.5, 0.6) is 0 Å². The third-order valence-corrected chi connectivity index (χ3v) is 2.99. The molecular weight excluding hydrogens is 168 g/mol. The molecule has 0 heteroatoms. The quantitative estimate of drug-likeness (QED) is 0.515. The molecule has 0 aliphatic carbocycles. The molecule has 0 aliphatic heterocycles. The van der Waals surface area contributed by atoms with Crippen molar-refractivity contribution in [1.82, 2.24) is 0 Å². The normalized spacial score (nSPS) is 13.9. The molecular formula is C14H26. The summed E-state index contributed by atoms with van der Waals surface area (Å²) in [6, 6.07) is 0. The lowest BCUT2D eigenvalue weighted by atomic mass is 9.89. The number of hydrogen-bond donors (Lipinski definition) is 0. The van der Waals surface area contributed by atoms with E-state index in [9.17, 15) is 0 Å². The van der Waals surface area contributed by atoms with Crippen LogP contribution >= 0.6 is 0 Å². The van der Waals surface area contributed by atoms with Gasteiger partial charge in [-0.05, 0) is 44.6 Å². The van der Waals surface area contributed by atoms with Gasteiger partial charge in [0.25, 0.3) is 0 Å². The summed E-state index contributed by atoms with van der Waals surface area (Å²) >= 11 is 0. The fraction of sp³-hybridized carbons (Fsp3) is 0.714. The smallest absolute Gasteiger partial charge is 0.0205 e. The van der Waals surface area contributed by atoms with Crippen molar-refractivity contribution in [3.63, 3.8) is 0 Å². The fourth-order valence-corrected chi connectivity index (χ4v) is 2.05. The van der Waals surface area contributed by atoms with Crippen molar-refractivity contribution >= 4 is 0 Å². The van der Waals surface area contributed by atoms with E-state index in [0.29, 0.717) is 0 Å². The zero-order chi connectivity index (χ0) is 11.0. The number of allylic oxidation sites excluding steroid dienone is 4. The molecule has 0 aliphatic rings. The standard InChI is InChI=1S/C14H26/c1-6-10-14(11-7-2)12(5)13(8-3)9-4/h6,10,13H,7-9,11H2,1-5H3. The second-order valence-electron chi connectivity index (χ2n) is 3.97. The third kappa shape index (κ3) is 4.13. The Morgan fingerprint density at radius 3 is 2.07 bits per heavy atom. The number of hydrogen-bond acceptors (Lipinski definition) is 0. The molecule has 0 bridgehead atoms. The van der Waals surface area contributed by atoms with E-state index in [1.807, 2.05) is 0 Å². The Balaban J connectivity index is 4.75. The Morgan fingerprint density at radius 2 is 1.71 bits per heavy atom. The van der Waals surface area contributed by atoms with E-state index >= 15 is 0 Å². The molecule has 0 aromatic carbocycles. The Bertz CT molecular complexity index is 192. The molecule has 0 aromatic rings. The first-order chi connectivity index (χ1) is 6.71. The highest BCUT2D eigenvalue weighted by molar-refractivity contribution is 5.25. The van der Waals surface area contributed by atoms with Crippen LogP contribution in [0.25, 0.3) is 0 Å². The average molecular weight is 194 g/mol. The zero-order valence-corrected chi connectivity index (χ0v) is 10.6. The van der Waals surface area contributed by atoms with Crippen molar-refractivity contribution in [2.24, 2.45) is 5.92 Å². The van der Waals surface area contributed by atoms with E-state index in [4.69, 9.17) is 0 Å². The van der Waals surface area contributed by atoms with E-state index < -0.39 is 0 Å². The monoisotopic (exact) mass is 194 g/mol. The summed E-state index contributed by atoms with van der Waals surface area (Å²) in [6.07, 6.45) is 9.47. The first-order valence-corrected chi connectivity index (χ1v) is 6.03. The van der Waals surface area contributed by atoms with Gasteiger partial charge in [0.15, 0.2) is 0 Å². The molecule has 82 valence electrons. The summed E-state index contributed by atoms with van der Waals surface area (Å²) in [7, 11) is 0. The van der Waals surface area contributed by atoms with E-state index in [1.54, 1.807) is 11.1 Å². The Labute approximate surface area is 90.1 Å². The molecule has 0 rings (SSSR count). The molecule has 0 N–H and O–H groups in total. The van der Waals surface area contributed by atoms with Crippen molar-refractivity contribution < 1.29 is 0 Å². The second-order valence-corrected chi connectivity index (χ2v) is 3.97. The van der Waals surface area contributed by atoms with Crippen LogP contribution in [0.15, 0.2) is 23.3 Å². The van der Waals surface area contributed by atoms with E-state index in [2.05, 4.69) is 46.8 Å². The minimum atomic E-state index is 0.785. The highest BCUT2D eigenvalue weighted by atomic mass is 14.1. The first kappa shape index (κ1) is 13.5. The third-order valence-electron chi connectivity index (χ3n) is 2.99. The highest BCUT2D eigenvalue weighted by Gasteiger charge is 2.08. The maximum Gasteiger partial charge on any atom is -0.0205 e. The van der Waals surface area contributed by atoms with Gasteiger partial charge in [0, 0.05) is 0 Å². The van der Waals surface area contributed by atoms with Crippen molar-refractivity contribution in [3.05, 3.63) is 23.3 Å². The fourth-order valence-electron chi connectivity index (χ4n) is 2.05. The van der Waals surface area contributed by atoms with Gasteiger partial charge in [-0.3, -0.25) is 0 Å². The zero-order valence-electron chi connectivity index (χ0n) is 10.6. The molecule has 0 fully saturated rings. The van der Waals surface area contributed by atoms with Crippen LogP contribution in [-0.2, 0) is 0 Å². The van der Waals surface area contributed by atoms with Gasteiger partial charge in [-0.15, -0.1) is 0 Å². The molecule has 0 spiro atoms. The topological polar surface area (TPSA) is 0 Å². The SMILES string of the molecule is CC=CC(CCC)=C(C)C(CC)CC. The Hall–Kier alpha value is -0.520. The highest BCUT2D eigenvalue weighted by Crippen LogP contribution is 2.24. The lowest BCUT2D eigenvalue weighted by Crippen LogP contribution is -2.01. The van der Waals surface area contributed by atoms with Gasteiger partial charge in [-0.2, -0.15) is 0 Å². The maximum atomic E-state index is 2.31. The predicted octanol–water partition coefficient (Wildman–Crippen LogP) is 5.12. The van der Waals surface area contributed by atoms with Gasteiger partial charge in [0.1, 0.15) is 0 Å². The molecule has 0 heterocycles. The first-order valence-electron chi connectivity index (χ1n) is 6.03. The van der Waals surface area contributed by atoms with Crippen LogP contribution in [0.3, 0.4) is 0 Å². The minimum absolute atomic E-state index is 0.785. The molecule has 0 aromatic heterocycles. The van der Waals surface area contributed by atoms with Crippen molar-refractivity contribution in [2.45, 2.75) is 60.3 Å². The lowest BCUT2D eigenvalue weighted by Gasteiger charge is -2.17.